The summed E-state index contributed by atoms with van der Waals surface area (Å²) in [7, 11) is 0. The van der Waals surface area contributed by atoms with Crippen molar-refractivity contribution in [3.63, 3.8) is 0 Å². The van der Waals surface area contributed by atoms with Gasteiger partial charge in [-0.15, -0.1) is 0 Å². The van der Waals surface area contributed by atoms with Crippen LogP contribution in [0.5, 0.6) is 0 Å². The minimum absolute atomic E-state index is 0.491. The molecule has 1 saturated carbocycles. The van der Waals surface area contributed by atoms with Crippen LogP contribution in [0.3, 0.4) is 0 Å². The highest BCUT2D eigenvalue weighted by Crippen LogP contribution is 2.20. The number of rotatable bonds is 7. The average molecular weight is 286 g/mol. The highest BCUT2D eigenvalue weighted by molar-refractivity contribution is 5.28. The van der Waals surface area contributed by atoms with E-state index in [1.54, 1.807) is 11.0 Å². The van der Waals surface area contributed by atoms with Gasteiger partial charge in [-0.2, -0.15) is 15.0 Å². The molecule has 0 amide bonds. The summed E-state index contributed by atoms with van der Waals surface area (Å²) in [6.45, 7) is 2.35. The van der Waals surface area contributed by atoms with Gasteiger partial charge in [0.1, 0.15) is 0 Å². The Morgan fingerprint density at radius 1 is 1.19 bits per heavy atom. The van der Waals surface area contributed by atoms with Crippen molar-refractivity contribution in [1.29, 1.82) is 0 Å². The van der Waals surface area contributed by atoms with E-state index < -0.39 is 0 Å². The maximum absolute atomic E-state index is 5.81. The lowest BCUT2D eigenvalue weighted by Gasteiger charge is -2.10. The van der Waals surface area contributed by atoms with E-state index in [1.165, 1.54) is 25.7 Å². The number of aromatic nitrogens is 3. The molecule has 1 fully saturated rings. The third-order valence-corrected chi connectivity index (χ3v) is 3.77. The normalized spacial score (nSPS) is 15.6. The van der Waals surface area contributed by atoms with Crippen molar-refractivity contribution in [3.05, 3.63) is 42.2 Å². The molecule has 1 aliphatic carbocycles. The number of ether oxygens (including phenoxy) is 1. The first-order chi connectivity index (χ1) is 10.4. The zero-order valence-corrected chi connectivity index (χ0v) is 12.2. The Labute approximate surface area is 125 Å². The number of nitrogens with zero attached hydrogens (tertiary/aromatic N) is 3. The van der Waals surface area contributed by atoms with Crippen LogP contribution in [0.2, 0.25) is 0 Å². The van der Waals surface area contributed by atoms with E-state index in [0.717, 1.165) is 31.1 Å². The van der Waals surface area contributed by atoms with E-state index in [9.17, 15) is 0 Å². The van der Waals surface area contributed by atoms with E-state index >= 15 is 0 Å². The molecule has 112 valence electrons. The molecule has 3 rings (SSSR count). The van der Waals surface area contributed by atoms with Crippen molar-refractivity contribution in [2.24, 2.45) is 0 Å². The lowest BCUT2D eigenvalue weighted by atomic mass is 10.3. The van der Waals surface area contributed by atoms with Gasteiger partial charge in [-0.25, -0.2) is 0 Å². The Kier molecular flexibility index (Phi) is 4.97. The summed E-state index contributed by atoms with van der Waals surface area (Å²) in [6.07, 6.45) is 7.39. The first-order valence-electron chi connectivity index (χ1n) is 7.71. The van der Waals surface area contributed by atoms with Crippen molar-refractivity contribution >= 4 is 0 Å². The van der Waals surface area contributed by atoms with Gasteiger partial charge in [-0.3, -0.25) is 0 Å². The van der Waals surface area contributed by atoms with Crippen molar-refractivity contribution in [2.45, 2.75) is 38.3 Å². The van der Waals surface area contributed by atoms with Crippen LogP contribution in [0.15, 0.2) is 36.5 Å². The van der Waals surface area contributed by atoms with Gasteiger partial charge in [-0.05, 0) is 25.0 Å². The first-order valence-corrected chi connectivity index (χ1v) is 7.71. The smallest absolute Gasteiger partial charge is 0.0969 e. The summed E-state index contributed by atoms with van der Waals surface area (Å²) in [6, 6.07) is 9.94. The van der Waals surface area contributed by atoms with E-state index in [1.807, 2.05) is 30.3 Å². The Balaban J connectivity index is 1.39. The maximum atomic E-state index is 5.81. The fourth-order valence-electron chi connectivity index (χ4n) is 2.63. The van der Waals surface area contributed by atoms with Crippen LogP contribution in [-0.4, -0.2) is 34.2 Å². The maximum Gasteiger partial charge on any atom is 0.0969 e. The van der Waals surface area contributed by atoms with E-state index in [4.69, 9.17) is 4.74 Å². The Bertz CT molecular complexity index is 534. The predicted molar refractivity (Wildman–Crippen MR) is 81.3 cm³/mol. The van der Waals surface area contributed by atoms with Gasteiger partial charge < -0.3 is 10.1 Å². The van der Waals surface area contributed by atoms with Crippen LogP contribution >= 0.6 is 0 Å². The molecule has 1 heterocycles. The topological polar surface area (TPSA) is 52.0 Å². The molecule has 2 aromatic rings. The Morgan fingerprint density at radius 3 is 2.81 bits per heavy atom. The zero-order valence-electron chi connectivity index (χ0n) is 12.2. The van der Waals surface area contributed by atoms with Crippen LogP contribution in [0.4, 0.5) is 0 Å². The largest absolute Gasteiger partial charge is 0.377 e. The van der Waals surface area contributed by atoms with Crippen molar-refractivity contribution in [1.82, 2.24) is 20.3 Å². The standard InChI is InChI=1S/C16H22N4O/c1-2-6-15(7-3-1)20-18-13-14(19-20)12-17-10-11-21-16-8-4-5-9-16/h1-3,6-7,13,16-17H,4-5,8-12H2. The molecule has 0 unspecified atom stereocenters. The average Bonchev–Trinajstić information content (AvgIpc) is 3.19. The lowest BCUT2D eigenvalue weighted by Crippen LogP contribution is -2.22. The molecule has 1 N–H and O–H groups in total. The third kappa shape index (κ3) is 4.12. The van der Waals surface area contributed by atoms with Crippen LogP contribution in [0, 0.1) is 0 Å². The predicted octanol–water partition coefficient (Wildman–Crippen LogP) is 2.32. The molecule has 5 heteroatoms. The van der Waals surface area contributed by atoms with E-state index in [0.29, 0.717) is 6.10 Å². The summed E-state index contributed by atoms with van der Waals surface area (Å²) < 4.78 is 5.81. The number of nitrogens with one attached hydrogen (secondary N) is 1. The first kappa shape index (κ1) is 14.2. The summed E-state index contributed by atoms with van der Waals surface area (Å²) in [4.78, 5) is 1.66. The monoisotopic (exact) mass is 286 g/mol. The SMILES string of the molecule is c1ccc(-n2ncc(CNCCOC3CCCC3)n2)cc1. The number of hydrogen-bond acceptors (Lipinski definition) is 4. The van der Waals surface area contributed by atoms with Crippen LogP contribution in [0.1, 0.15) is 31.4 Å². The molecular formula is C16H22N4O. The number of para-hydroxylation sites is 1. The molecule has 0 atom stereocenters. The van der Waals surface area contributed by atoms with Gasteiger partial charge >= 0.3 is 0 Å². The number of hydrogen-bond donors (Lipinski definition) is 1. The van der Waals surface area contributed by atoms with E-state index in [-0.39, 0.29) is 0 Å². The molecule has 0 radical (unpaired) electrons. The molecule has 0 spiro atoms. The second kappa shape index (κ2) is 7.33. The molecule has 21 heavy (non-hydrogen) atoms. The van der Waals surface area contributed by atoms with Crippen molar-refractivity contribution < 1.29 is 4.74 Å². The molecular weight excluding hydrogens is 264 g/mol. The van der Waals surface area contributed by atoms with Crippen LogP contribution in [-0.2, 0) is 11.3 Å². The van der Waals surface area contributed by atoms with Crippen molar-refractivity contribution in [3.8, 4) is 5.69 Å². The van der Waals surface area contributed by atoms with Crippen LogP contribution in [0.25, 0.3) is 5.69 Å². The fourth-order valence-corrected chi connectivity index (χ4v) is 2.63. The van der Waals surface area contributed by atoms with Crippen molar-refractivity contribution in [2.75, 3.05) is 13.2 Å². The van der Waals surface area contributed by atoms with Crippen LogP contribution < -0.4 is 5.32 Å². The lowest BCUT2D eigenvalue weighted by molar-refractivity contribution is 0.0602. The molecule has 1 aliphatic rings. The van der Waals surface area contributed by atoms with Gasteiger partial charge in [0.2, 0.25) is 0 Å². The fraction of sp³-hybridized carbons (Fsp3) is 0.500. The van der Waals surface area contributed by atoms with Gasteiger partial charge in [-0.1, -0.05) is 31.0 Å². The van der Waals surface area contributed by atoms with Gasteiger partial charge in [0, 0.05) is 13.1 Å². The summed E-state index contributed by atoms with van der Waals surface area (Å²) in [5.41, 5.74) is 1.92. The minimum Gasteiger partial charge on any atom is -0.377 e. The highest BCUT2D eigenvalue weighted by atomic mass is 16.5. The highest BCUT2D eigenvalue weighted by Gasteiger charge is 2.14. The minimum atomic E-state index is 0.491. The molecule has 1 aromatic carbocycles. The van der Waals surface area contributed by atoms with E-state index in [2.05, 4.69) is 15.5 Å². The second-order valence-corrected chi connectivity index (χ2v) is 5.41. The summed E-state index contributed by atoms with van der Waals surface area (Å²) >= 11 is 0. The zero-order chi connectivity index (χ0) is 14.3. The molecule has 1 aromatic heterocycles. The molecule has 0 aliphatic heterocycles. The molecule has 5 nitrogen and oxygen atoms in total. The van der Waals surface area contributed by atoms with Gasteiger partial charge in [0.25, 0.3) is 0 Å². The Hall–Kier alpha value is -1.72. The number of benzene rings is 1. The Morgan fingerprint density at radius 2 is 2.00 bits per heavy atom. The summed E-state index contributed by atoms with van der Waals surface area (Å²) in [5.74, 6) is 0. The van der Waals surface area contributed by atoms with Gasteiger partial charge in [0.15, 0.2) is 0 Å². The summed E-state index contributed by atoms with van der Waals surface area (Å²) in [5, 5.41) is 12.1. The third-order valence-electron chi connectivity index (χ3n) is 3.77. The molecule has 0 bridgehead atoms. The quantitative estimate of drug-likeness (QED) is 0.794. The molecule has 0 saturated heterocycles. The second-order valence-electron chi connectivity index (χ2n) is 5.41. The van der Waals surface area contributed by atoms with Gasteiger partial charge in [0.05, 0.1) is 30.3 Å².